The van der Waals surface area contributed by atoms with Crippen LogP contribution in [0, 0.1) is 24.2 Å². The van der Waals surface area contributed by atoms with Gasteiger partial charge in [0.1, 0.15) is 11.9 Å². The highest BCUT2D eigenvalue weighted by atomic mass is 16.4. The maximum atomic E-state index is 10.5. The number of hydrogen-bond donors (Lipinski definition) is 2. The largest absolute Gasteiger partial charge is 0.481 e. The minimum absolute atomic E-state index is 0.202. The predicted molar refractivity (Wildman–Crippen MR) is 72.8 cm³/mol. The van der Waals surface area contributed by atoms with Crippen LogP contribution in [0.4, 0.5) is 5.82 Å². The molecule has 0 amide bonds. The van der Waals surface area contributed by atoms with Gasteiger partial charge in [-0.25, -0.2) is 4.98 Å². The lowest BCUT2D eigenvalue weighted by Crippen LogP contribution is -2.10. The molecular formula is C14H19N3O2. The summed E-state index contributed by atoms with van der Waals surface area (Å²) in [6.07, 6.45) is 3.40. The van der Waals surface area contributed by atoms with E-state index in [9.17, 15) is 4.79 Å². The normalized spacial score (nSPS) is 11.6. The Bertz CT molecular complexity index is 480. The Balaban J connectivity index is 2.44. The van der Waals surface area contributed by atoms with Crippen molar-refractivity contribution >= 4 is 11.8 Å². The molecule has 2 N–H and O–H groups in total. The van der Waals surface area contributed by atoms with Gasteiger partial charge in [0.05, 0.1) is 5.56 Å². The van der Waals surface area contributed by atoms with Gasteiger partial charge in [0.2, 0.25) is 0 Å². The van der Waals surface area contributed by atoms with E-state index in [1.807, 2.05) is 13.8 Å². The molecule has 0 aliphatic rings. The molecule has 1 unspecified atom stereocenters. The van der Waals surface area contributed by atoms with Crippen molar-refractivity contribution in [1.82, 2.24) is 4.98 Å². The number of carbonyl (C=O) groups is 1. The van der Waals surface area contributed by atoms with Crippen molar-refractivity contribution in [2.24, 2.45) is 5.92 Å². The van der Waals surface area contributed by atoms with Crippen LogP contribution in [0.2, 0.25) is 0 Å². The summed E-state index contributed by atoms with van der Waals surface area (Å²) in [6.45, 7) is 4.59. The minimum Gasteiger partial charge on any atom is -0.481 e. The van der Waals surface area contributed by atoms with E-state index in [0.29, 0.717) is 30.3 Å². The fourth-order valence-electron chi connectivity index (χ4n) is 1.78. The average Bonchev–Trinajstić information content (AvgIpc) is 2.36. The Morgan fingerprint density at radius 2 is 2.32 bits per heavy atom. The maximum Gasteiger partial charge on any atom is 0.303 e. The van der Waals surface area contributed by atoms with E-state index in [1.54, 1.807) is 12.3 Å². The van der Waals surface area contributed by atoms with Crippen molar-refractivity contribution in [3.05, 3.63) is 23.4 Å². The minimum atomic E-state index is -0.757. The Morgan fingerprint density at radius 1 is 1.58 bits per heavy atom. The molecule has 1 rings (SSSR count). The monoisotopic (exact) mass is 261 g/mol. The Morgan fingerprint density at radius 3 is 2.95 bits per heavy atom. The predicted octanol–water partition coefficient (Wildman–Crippen LogP) is 2.56. The zero-order valence-electron chi connectivity index (χ0n) is 11.3. The summed E-state index contributed by atoms with van der Waals surface area (Å²) >= 11 is 0. The van der Waals surface area contributed by atoms with Crippen molar-refractivity contribution in [3.8, 4) is 6.07 Å². The molecule has 0 spiro atoms. The molecule has 0 radical (unpaired) electrons. The number of nitrogens with zero attached hydrogens (tertiary/aromatic N) is 2. The van der Waals surface area contributed by atoms with Crippen LogP contribution in [0.25, 0.3) is 0 Å². The lowest BCUT2D eigenvalue weighted by molar-refractivity contribution is -0.137. The fraction of sp³-hybridized carbons (Fsp3) is 0.500. The number of nitriles is 1. The summed E-state index contributed by atoms with van der Waals surface area (Å²) in [5.74, 6) is 0.179. The topological polar surface area (TPSA) is 86.0 Å². The lowest BCUT2D eigenvalue weighted by atomic mass is 10.0. The van der Waals surface area contributed by atoms with Gasteiger partial charge < -0.3 is 10.4 Å². The first kappa shape index (κ1) is 15.0. The molecule has 1 aromatic rings. The lowest BCUT2D eigenvalue weighted by Gasteiger charge is -2.12. The van der Waals surface area contributed by atoms with Crippen molar-refractivity contribution in [3.63, 3.8) is 0 Å². The number of carboxylic acids is 1. The van der Waals surface area contributed by atoms with Gasteiger partial charge in [0, 0.05) is 19.2 Å². The summed E-state index contributed by atoms with van der Waals surface area (Å²) < 4.78 is 0. The fourth-order valence-corrected chi connectivity index (χ4v) is 1.78. The van der Waals surface area contributed by atoms with Crippen molar-refractivity contribution in [2.45, 2.75) is 33.1 Å². The van der Waals surface area contributed by atoms with E-state index < -0.39 is 5.97 Å². The van der Waals surface area contributed by atoms with Crippen molar-refractivity contribution < 1.29 is 9.90 Å². The highest BCUT2D eigenvalue weighted by Crippen LogP contribution is 2.16. The second-order valence-electron chi connectivity index (χ2n) is 4.72. The standard InChI is InChI=1S/C14H19N3O2/c1-10(3-4-13(18)19)5-7-16-14-12(9-15)11(2)6-8-17-14/h6,8,10H,3-5,7H2,1-2H3,(H,16,17)(H,18,19). The zero-order chi connectivity index (χ0) is 14.3. The van der Waals surface area contributed by atoms with Gasteiger partial charge in [-0.15, -0.1) is 0 Å². The molecule has 1 aromatic heterocycles. The molecule has 0 fully saturated rings. The number of pyridine rings is 1. The molecule has 5 nitrogen and oxygen atoms in total. The smallest absolute Gasteiger partial charge is 0.303 e. The molecule has 1 heterocycles. The van der Waals surface area contributed by atoms with Crippen LogP contribution in [0.15, 0.2) is 12.3 Å². The van der Waals surface area contributed by atoms with Crippen LogP contribution in [0.3, 0.4) is 0 Å². The SMILES string of the molecule is Cc1ccnc(NCCC(C)CCC(=O)O)c1C#N. The van der Waals surface area contributed by atoms with E-state index in [1.165, 1.54) is 0 Å². The molecule has 1 atom stereocenters. The van der Waals surface area contributed by atoms with Gasteiger partial charge in [-0.3, -0.25) is 4.79 Å². The number of rotatable bonds is 7. The third kappa shape index (κ3) is 4.96. The third-order valence-corrected chi connectivity index (χ3v) is 3.05. The summed E-state index contributed by atoms with van der Waals surface area (Å²) in [4.78, 5) is 14.6. The molecule has 0 bridgehead atoms. The van der Waals surface area contributed by atoms with Crippen LogP contribution in [-0.2, 0) is 4.79 Å². The molecule has 0 saturated carbocycles. The molecule has 19 heavy (non-hydrogen) atoms. The van der Waals surface area contributed by atoms with Gasteiger partial charge in [-0.1, -0.05) is 6.92 Å². The van der Waals surface area contributed by atoms with E-state index in [-0.39, 0.29) is 6.42 Å². The van der Waals surface area contributed by atoms with Gasteiger partial charge in [0.25, 0.3) is 0 Å². The van der Waals surface area contributed by atoms with Crippen molar-refractivity contribution in [1.29, 1.82) is 5.26 Å². The van der Waals surface area contributed by atoms with Crippen LogP contribution in [0.1, 0.15) is 37.3 Å². The van der Waals surface area contributed by atoms with E-state index in [4.69, 9.17) is 10.4 Å². The number of carboxylic acid groups (broad SMARTS) is 1. The number of nitrogens with one attached hydrogen (secondary N) is 1. The first-order valence-corrected chi connectivity index (χ1v) is 6.36. The molecular weight excluding hydrogens is 242 g/mol. The third-order valence-electron chi connectivity index (χ3n) is 3.05. The van der Waals surface area contributed by atoms with E-state index >= 15 is 0 Å². The molecule has 5 heteroatoms. The zero-order valence-corrected chi connectivity index (χ0v) is 11.3. The average molecular weight is 261 g/mol. The van der Waals surface area contributed by atoms with Gasteiger partial charge in [-0.2, -0.15) is 5.26 Å². The maximum absolute atomic E-state index is 10.5. The first-order valence-electron chi connectivity index (χ1n) is 6.36. The Kier molecular flexibility index (Phi) is 5.80. The number of hydrogen-bond acceptors (Lipinski definition) is 4. The van der Waals surface area contributed by atoms with Gasteiger partial charge >= 0.3 is 5.97 Å². The Labute approximate surface area is 113 Å². The summed E-state index contributed by atoms with van der Waals surface area (Å²) in [5.41, 5.74) is 1.47. The molecule has 0 aliphatic heterocycles. The number of aliphatic carboxylic acids is 1. The van der Waals surface area contributed by atoms with E-state index in [2.05, 4.69) is 16.4 Å². The van der Waals surface area contributed by atoms with Crippen LogP contribution in [0.5, 0.6) is 0 Å². The number of anilines is 1. The van der Waals surface area contributed by atoms with Crippen LogP contribution in [-0.4, -0.2) is 22.6 Å². The number of aryl methyl sites for hydroxylation is 1. The summed E-state index contributed by atoms with van der Waals surface area (Å²) in [5, 5.41) is 20.8. The second-order valence-corrected chi connectivity index (χ2v) is 4.72. The van der Waals surface area contributed by atoms with Crippen LogP contribution < -0.4 is 5.32 Å². The van der Waals surface area contributed by atoms with Crippen molar-refractivity contribution in [2.75, 3.05) is 11.9 Å². The van der Waals surface area contributed by atoms with E-state index in [0.717, 1.165) is 12.0 Å². The quantitative estimate of drug-likeness (QED) is 0.787. The highest BCUT2D eigenvalue weighted by molar-refractivity contribution is 5.66. The number of aromatic nitrogens is 1. The van der Waals surface area contributed by atoms with Gasteiger partial charge in [-0.05, 0) is 37.3 Å². The Hall–Kier alpha value is -2.09. The molecule has 0 saturated heterocycles. The molecule has 0 aromatic carbocycles. The summed E-state index contributed by atoms with van der Waals surface area (Å²) in [6, 6.07) is 3.94. The van der Waals surface area contributed by atoms with Crippen LogP contribution >= 0.6 is 0 Å². The molecule has 0 aliphatic carbocycles. The summed E-state index contributed by atoms with van der Waals surface area (Å²) in [7, 11) is 0. The van der Waals surface area contributed by atoms with Gasteiger partial charge in [0.15, 0.2) is 0 Å². The second kappa shape index (κ2) is 7.37. The first-order chi connectivity index (χ1) is 9.04. The molecule has 102 valence electrons. The highest BCUT2D eigenvalue weighted by Gasteiger charge is 2.08.